The maximum Gasteiger partial charge on any atom is 0.282 e. The van der Waals surface area contributed by atoms with Crippen LogP contribution in [0.4, 0.5) is 11.5 Å². The molecule has 2 aliphatic rings. The number of hydrogen-bond acceptors (Lipinski definition) is 6. The van der Waals surface area contributed by atoms with Crippen LogP contribution in [-0.4, -0.2) is 65.5 Å². The van der Waals surface area contributed by atoms with Gasteiger partial charge in [0.05, 0.1) is 11.9 Å². The first-order valence-electron chi connectivity index (χ1n) is 9.97. The lowest BCUT2D eigenvalue weighted by molar-refractivity contribution is 0.205. The number of aromatic nitrogens is 3. The monoisotopic (exact) mass is 446 g/mol. The molecule has 4 heterocycles. The number of nitrogens with zero attached hydrogens (tertiary/aromatic N) is 6. The number of hydrogen-bond donors (Lipinski definition) is 0. The molecule has 0 N–H and O–H groups in total. The van der Waals surface area contributed by atoms with Crippen molar-refractivity contribution in [2.45, 2.75) is 12.8 Å². The third-order valence-corrected chi connectivity index (χ3v) is 6.53. The fourth-order valence-corrected chi connectivity index (χ4v) is 4.83. The number of piperidine rings is 1. The Hall–Kier alpha value is -1.93. The van der Waals surface area contributed by atoms with Gasteiger partial charge in [-0.25, -0.2) is 9.67 Å². The fraction of sp³-hybridized carbons (Fsp3) is 0.550. The van der Waals surface area contributed by atoms with Crippen LogP contribution < -0.4 is 15.4 Å². The summed E-state index contributed by atoms with van der Waals surface area (Å²) in [5.41, 5.74) is 0.845. The Morgan fingerprint density at radius 2 is 1.96 bits per heavy atom. The summed E-state index contributed by atoms with van der Waals surface area (Å²) in [6.07, 6.45) is 6.06. The predicted octanol–water partition coefficient (Wildman–Crippen LogP) is 1.98. The van der Waals surface area contributed by atoms with E-state index in [1.54, 1.807) is 13.2 Å². The van der Waals surface area contributed by atoms with E-state index < -0.39 is 0 Å². The van der Waals surface area contributed by atoms with E-state index in [0.717, 1.165) is 63.7 Å². The summed E-state index contributed by atoms with van der Waals surface area (Å²) in [6.45, 7) is 7.28. The van der Waals surface area contributed by atoms with Gasteiger partial charge >= 0.3 is 0 Å². The van der Waals surface area contributed by atoms with Crippen molar-refractivity contribution in [1.29, 1.82) is 0 Å². The second kappa shape index (κ2) is 8.61. The number of pyridine rings is 1. The number of rotatable bonds is 4. The van der Waals surface area contributed by atoms with Crippen LogP contribution in [-0.2, 0) is 7.05 Å². The maximum absolute atomic E-state index is 12.2. The van der Waals surface area contributed by atoms with E-state index in [-0.39, 0.29) is 5.56 Å². The molecule has 8 heteroatoms. The standard InChI is InChI=1S/C20H27BrN6O/c1-24-20(28)19(21)17(13-23-24)27-8-4-5-16(15-27)14-25-9-11-26(12-10-25)18-6-2-3-7-22-18/h2-3,6-7,13,16H,4-5,8-12,14-15H2,1H3. The van der Waals surface area contributed by atoms with Crippen LogP contribution in [0, 0.1) is 5.92 Å². The molecule has 2 aromatic rings. The van der Waals surface area contributed by atoms with Gasteiger partial charge in [-0.3, -0.25) is 9.69 Å². The first-order valence-corrected chi connectivity index (χ1v) is 10.8. The second-order valence-electron chi connectivity index (χ2n) is 7.70. The number of piperazine rings is 1. The Bertz CT molecular complexity index is 850. The minimum atomic E-state index is -0.0785. The number of anilines is 2. The van der Waals surface area contributed by atoms with Crippen molar-refractivity contribution in [1.82, 2.24) is 19.7 Å². The molecule has 1 unspecified atom stereocenters. The van der Waals surface area contributed by atoms with E-state index in [2.05, 4.69) is 52.8 Å². The zero-order chi connectivity index (χ0) is 19.5. The van der Waals surface area contributed by atoms with Crippen molar-refractivity contribution in [3.05, 3.63) is 45.4 Å². The predicted molar refractivity (Wildman–Crippen MR) is 115 cm³/mol. The van der Waals surface area contributed by atoms with E-state index in [0.29, 0.717) is 10.4 Å². The third kappa shape index (κ3) is 4.22. The molecule has 2 fully saturated rings. The number of aryl methyl sites for hydroxylation is 1. The molecule has 0 bridgehead atoms. The van der Waals surface area contributed by atoms with Crippen LogP contribution in [0.3, 0.4) is 0 Å². The fourth-order valence-electron chi connectivity index (χ4n) is 4.22. The molecule has 0 spiro atoms. The molecular formula is C20H27BrN6O. The third-order valence-electron chi connectivity index (χ3n) is 5.78. The minimum Gasteiger partial charge on any atom is -0.369 e. The Morgan fingerprint density at radius 3 is 2.71 bits per heavy atom. The van der Waals surface area contributed by atoms with Crippen LogP contribution in [0.5, 0.6) is 0 Å². The van der Waals surface area contributed by atoms with Crippen molar-refractivity contribution >= 4 is 27.4 Å². The van der Waals surface area contributed by atoms with Crippen LogP contribution in [0.15, 0.2) is 39.9 Å². The average Bonchev–Trinajstić information content (AvgIpc) is 2.73. The highest BCUT2D eigenvalue weighted by atomic mass is 79.9. The summed E-state index contributed by atoms with van der Waals surface area (Å²) in [7, 11) is 1.68. The first kappa shape index (κ1) is 19.4. The summed E-state index contributed by atoms with van der Waals surface area (Å²) < 4.78 is 1.99. The molecule has 0 radical (unpaired) electrons. The quantitative estimate of drug-likeness (QED) is 0.715. The SMILES string of the molecule is Cn1ncc(N2CCCC(CN3CCN(c4ccccn4)CC3)C2)c(Br)c1=O. The normalized spacial score (nSPS) is 21.1. The lowest BCUT2D eigenvalue weighted by Crippen LogP contribution is -2.50. The maximum atomic E-state index is 12.2. The summed E-state index contributed by atoms with van der Waals surface area (Å²) in [6, 6.07) is 6.10. The zero-order valence-corrected chi connectivity index (χ0v) is 17.9. The van der Waals surface area contributed by atoms with Crippen molar-refractivity contribution in [3.8, 4) is 0 Å². The Balaban J connectivity index is 1.34. The topological polar surface area (TPSA) is 57.5 Å². The smallest absolute Gasteiger partial charge is 0.282 e. The first-order chi connectivity index (χ1) is 13.6. The van der Waals surface area contributed by atoms with Gasteiger partial charge in [-0.2, -0.15) is 5.10 Å². The highest BCUT2D eigenvalue weighted by Crippen LogP contribution is 2.27. The van der Waals surface area contributed by atoms with Gasteiger partial charge in [0, 0.05) is 59.1 Å². The van der Waals surface area contributed by atoms with E-state index in [1.165, 1.54) is 11.1 Å². The average molecular weight is 447 g/mol. The second-order valence-corrected chi connectivity index (χ2v) is 8.50. The van der Waals surface area contributed by atoms with E-state index >= 15 is 0 Å². The molecule has 150 valence electrons. The summed E-state index contributed by atoms with van der Waals surface area (Å²) in [5.74, 6) is 1.69. The summed E-state index contributed by atoms with van der Waals surface area (Å²) in [5, 5.41) is 4.20. The lowest BCUT2D eigenvalue weighted by atomic mass is 9.96. The summed E-state index contributed by atoms with van der Waals surface area (Å²) >= 11 is 3.48. The van der Waals surface area contributed by atoms with Gasteiger partial charge in [0.1, 0.15) is 10.3 Å². The molecule has 7 nitrogen and oxygen atoms in total. The molecule has 28 heavy (non-hydrogen) atoms. The van der Waals surface area contributed by atoms with Gasteiger partial charge in [-0.05, 0) is 46.8 Å². The molecule has 0 saturated carbocycles. The van der Waals surface area contributed by atoms with Crippen LogP contribution >= 0.6 is 15.9 Å². The van der Waals surface area contributed by atoms with E-state index in [1.807, 2.05) is 12.3 Å². The molecule has 4 rings (SSSR count). The van der Waals surface area contributed by atoms with Crippen LogP contribution in [0.2, 0.25) is 0 Å². The van der Waals surface area contributed by atoms with Crippen molar-refractivity contribution < 1.29 is 0 Å². The van der Waals surface area contributed by atoms with Gasteiger partial charge in [-0.1, -0.05) is 6.07 Å². The molecule has 2 saturated heterocycles. The van der Waals surface area contributed by atoms with Crippen LogP contribution in [0.25, 0.3) is 0 Å². The van der Waals surface area contributed by atoms with Gasteiger partial charge < -0.3 is 9.80 Å². The molecule has 0 aromatic carbocycles. The summed E-state index contributed by atoms with van der Waals surface area (Å²) in [4.78, 5) is 23.9. The number of halogens is 1. The molecule has 1 atom stereocenters. The highest BCUT2D eigenvalue weighted by Gasteiger charge is 2.26. The molecule has 0 amide bonds. The van der Waals surface area contributed by atoms with Gasteiger partial charge in [0.15, 0.2) is 0 Å². The minimum absolute atomic E-state index is 0.0785. The Kier molecular flexibility index (Phi) is 5.96. The van der Waals surface area contributed by atoms with E-state index in [4.69, 9.17) is 0 Å². The van der Waals surface area contributed by atoms with Crippen molar-refractivity contribution in [2.24, 2.45) is 13.0 Å². The molecule has 2 aromatic heterocycles. The van der Waals surface area contributed by atoms with Crippen molar-refractivity contribution in [3.63, 3.8) is 0 Å². The van der Waals surface area contributed by atoms with Gasteiger partial charge in [0.25, 0.3) is 5.56 Å². The largest absolute Gasteiger partial charge is 0.369 e. The molecular weight excluding hydrogens is 420 g/mol. The van der Waals surface area contributed by atoms with Crippen LogP contribution in [0.1, 0.15) is 12.8 Å². The van der Waals surface area contributed by atoms with E-state index in [9.17, 15) is 4.79 Å². The van der Waals surface area contributed by atoms with Gasteiger partial charge in [0.2, 0.25) is 0 Å². The lowest BCUT2D eigenvalue weighted by Gasteiger charge is -2.40. The Morgan fingerprint density at radius 1 is 1.14 bits per heavy atom. The van der Waals surface area contributed by atoms with Crippen molar-refractivity contribution in [2.75, 3.05) is 55.6 Å². The highest BCUT2D eigenvalue weighted by molar-refractivity contribution is 9.10. The molecule has 0 aliphatic carbocycles. The van der Waals surface area contributed by atoms with Gasteiger partial charge in [-0.15, -0.1) is 0 Å². The Labute approximate surface area is 174 Å². The zero-order valence-electron chi connectivity index (χ0n) is 16.3. The molecule has 2 aliphatic heterocycles.